The van der Waals surface area contributed by atoms with Crippen molar-refractivity contribution in [3.05, 3.63) is 29.8 Å². The van der Waals surface area contributed by atoms with E-state index in [0.717, 1.165) is 5.56 Å². The number of benzene rings is 1. The summed E-state index contributed by atoms with van der Waals surface area (Å²) < 4.78 is 5.03. The van der Waals surface area contributed by atoms with Crippen molar-refractivity contribution in [2.45, 2.75) is 18.9 Å². The quantitative estimate of drug-likeness (QED) is 0.335. The zero-order valence-electron chi connectivity index (χ0n) is 10.6. The molecular weight excluding hydrogens is 250 g/mol. The minimum absolute atomic E-state index is 0.0190. The highest BCUT2D eigenvalue weighted by molar-refractivity contribution is 5.76. The van der Waals surface area contributed by atoms with Crippen molar-refractivity contribution < 1.29 is 19.4 Å². The van der Waals surface area contributed by atoms with Crippen LogP contribution in [0.2, 0.25) is 0 Å². The number of ether oxygens (including phenoxy) is 1. The third-order valence-corrected chi connectivity index (χ3v) is 2.56. The van der Waals surface area contributed by atoms with Crippen molar-refractivity contribution >= 4 is 12.0 Å². The fourth-order valence-corrected chi connectivity index (χ4v) is 1.68. The molecule has 1 rings (SSSR count). The number of carbonyl (C=O) groups is 2. The lowest BCUT2D eigenvalue weighted by atomic mass is 10.0. The molecule has 7 nitrogen and oxygen atoms in total. The smallest absolute Gasteiger partial charge is 0.404 e. The van der Waals surface area contributed by atoms with Gasteiger partial charge in [0.25, 0.3) is 0 Å². The number of carbonyl (C=O) groups excluding carboxylic acids is 1. The highest BCUT2D eigenvalue weighted by Gasteiger charge is 2.16. The normalized spacial score (nSPS) is 11.5. The molecule has 0 saturated carbocycles. The van der Waals surface area contributed by atoms with Gasteiger partial charge in [0.2, 0.25) is 5.91 Å². The van der Waals surface area contributed by atoms with Gasteiger partial charge in [-0.1, -0.05) is 12.1 Å². The van der Waals surface area contributed by atoms with Crippen LogP contribution >= 0.6 is 0 Å². The molecule has 5 N–H and O–H groups in total. The zero-order chi connectivity index (χ0) is 14.3. The largest absolute Gasteiger partial charge is 0.497 e. The van der Waals surface area contributed by atoms with Gasteiger partial charge in [-0.2, -0.15) is 0 Å². The molecule has 19 heavy (non-hydrogen) atoms. The summed E-state index contributed by atoms with van der Waals surface area (Å²) in [5.41, 5.74) is 2.87. The Kier molecular flexibility index (Phi) is 5.62. The van der Waals surface area contributed by atoms with Crippen molar-refractivity contribution in [3.63, 3.8) is 0 Å². The molecule has 0 bridgehead atoms. The summed E-state index contributed by atoms with van der Waals surface area (Å²) >= 11 is 0. The van der Waals surface area contributed by atoms with Crippen LogP contribution in [0.1, 0.15) is 12.0 Å². The summed E-state index contributed by atoms with van der Waals surface area (Å²) in [7, 11) is 1.56. The number of rotatable bonds is 6. The van der Waals surface area contributed by atoms with E-state index in [1.54, 1.807) is 19.2 Å². The van der Waals surface area contributed by atoms with Crippen molar-refractivity contribution in [1.82, 2.24) is 10.7 Å². The monoisotopic (exact) mass is 267 g/mol. The number of carboxylic acid groups (broad SMARTS) is 1. The highest BCUT2D eigenvalue weighted by atomic mass is 16.5. The fourth-order valence-electron chi connectivity index (χ4n) is 1.68. The minimum atomic E-state index is -1.18. The lowest BCUT2D eigenvalue weighted by molar-refractivity contribution is -0.121. The third kappa shape index (κ3) is 5.26. The van der Waals surface area contributed by atoms with Gasteiger partial charge in [0.05, 0.1) is 7.11 Å². The van der Waals surface area contributed by atoms with E-state index in [1.165, 1.54) is 0 Å². The van der Waals surface area contributed by atoms with Crippen molar-refractivity contribution in [3.8, 4) is 5.75 Å². The van der Waals surface area contributed by atoms with Crippen molar-refractivity contribution in [2.24, 2.45) is 5.84 Å². The molecule has 2 amide bonds. The standard InChI is InChI=1S/C12H17N3O4/c1-19-10-4-2-8(3-5-10)6-9(14-12(17)18)7-11(16)15-13/h2-5,9,14H,6-7,13H2,1H3,(H,15,16)(H,17,18). The summed E-state index contributed by atoms with van der Waals surface area (Å²) in [6.07, 6.45) is -0.804. The summed E-state index contributed by atoms with van der Waals surface area (Å²) in [6.45, 7) is 0. The van der Waals surface area contributed by atoms with Gasteiger partial charge in [0.1, 0.15) is 5.75 Å². The molecule has 0 fully saturated rings. The van der Waals surface area contributed by atoms with Gasteiger partial charge in [-0.15, -0.1) is 0 Å². The van der Waals surface area contributed by atoms with Crippen LogP contribution in [0.5, 0.6) is 5.75 Å². The average Bonchev–Trinajstić information content (AvgIpc) is 2.38. The summed E-state index contributed by atoms with van der Waals surface area (Å²) in [5.74, 6) is 5.28. The lowest BCUT2D eigenvalue weighted by Gasteiger charge is -2.16. The molecule has 0 spiro atoms. The Morgan fingerprint density at radius 3 is 2.47 bits per heavy atom. The first-order chi connectivity index (χ1) is 9.05. The second kappa shape index (κ2) is 7.22. The Morgan fingerprint density at radius 1 is 1.37 bits per heavy atom. The Balaban J connectivity index is 2.69. The number of hydrogen-bond donors (Lipinski definition) is 4. The van der Waals surface area contributed by atoms with Crippen LogP contribution < -0.4 is 21.3 Å². The molecule has 0 radical (unpaired) electrons. The van der Waals surface area contributed by atoms with E-state index >= 15 is 0 Å². The number of methoxy groups -OCH3 is 1. The molecule has 0 aliphatic carbocycles. The number of nitrogens with two attached hydrogens (primary N) is 1. The predicted octanol–water partition coefficient (Wildman–Crippen LogP) is 0.254. The van der Waals surface area contributed by atoms with E-state index in [9.17, 15) is 9.59 Å². The van der Waals surface area contributed by atoms with Gasteiger partial charge in [0.15, 0.2) is 0 Å². The SMILES string of the molecule is COc1ccc(CC(CC(=O)NN)NC(=O)O)cc1. The Bertz CT molecular complexity index is 433. The topological polar surface area (TPSA) is 114 Å². The molecule has 1 atom stereocenters. The van der Waals surface area contributed by atoms with Gasteiger partial charge < -0.3 is 15.2 Å². The van der Waals surface area contributed by atoms with Crippen molar-refractivity contribution in [1.29, 1.82) is 0 Å². The molecule has 1 aromatic carbocycles. The first kappa shape index (κ1) is 14.8. The van der Waals surface area contributed by atoms with Gasteiger partial charge >= 0.3 is 6.09 Å². The molecule has 7 heteroatoms. The maximum Gasteiger partial charge on any atom is 0.404 e. The molecule has 0 aliphatic rings. The third-order valence-electron chi connectivity index (χ3n) is 2.56. The summed E-state index contributed by atoms with van der Waals surface area (Å²) in [5, 5.41) is 11.0. The average molecular weight is 267 g/mol. The van der Waals surface area contributed by atoms with Gasteiger partial charge in [-0.3, -0.25) is 10.2 Å². The second-order valence-electron chi connectivity index (χ2n) is 3.97. The van der Waals surface area contributed by atoms with Gasteiger partial charge in [-0.25, -0.2) is 10.6 Å². The number of hydrazine groups is 1. The van der Waals surface area contributed by atoms with E-state index < -0.39 is 18.0 Å². The van der Waals surface area contributed by atoms with Crippen LogP contribution in [0.4, 0.5) is 4.79 Å². The Morgan fingerprint density at radius 2 is 2.00 bits per heavy atom. The molecule has 0 aliphatic heterocycles. The van der Waals surface area contributed by atoms with E-state index in [4.69, 9.17) is 15.7 Å². The van der Waals surface area contributed by atoms with E-state index in [-0.39, 0.29) is 6.42 Å². The van der Waals surface area contributed by atoms with E-state index in [0.29, 0.717) is 12.2 Å². The Hall–Kier alpha value is -2.28. The zero-order valence-corrected chi connectivity index (χ0v) is 10.6. The highest BCUT2D eigenvalue weighted by Crippen LogP contribution is 2.13. The molecule has 0 saturated heterocycles. The second-order valence-corrected chi connectivity index (χ2v) is 3.97. The molecule has 0 heterocycles. The van der Waals surface area contributed by atoms with Crippen LogP contribution in [0.3, 0.4) is 0 Å². The van der Waals surface area contributed by atoms with Crippen LogP contribution in [-0.2, 0) is 11.2 Å². The number of nitrogens with one attached hydrogen (secondary N) is 2. The molecule has 104 valence electrons. The molecule has 1 unspecified atom stereocenters. The molecule has 0 aromatic heterocycles. The van der Waals surface area contributed by atoms with Crippen LogP contribution in [0, 0.1) is 0 Å². The van der Waals surface area contributed by atoms with Gasteiger partial charge in [-0.05, 0) is 24.1 Å². The van der Waals surface area contributed by atoms with Crippen molar-refractivity contribution in [2.75, 3.05) is 7.11 Å². The molecular formula is C12H17N3O4. The molecule has 1 aromatic rings. The fraction of sp³-hybridized carbons (Fsp3) is 0.333. The summed E-state index contributed by atoms with van der Waals surface area (Å²) in [4.78, 5) is 21.9. The van der Waals surface area contributed by atoms with E-state index in [1.807, 2.05) is 17.6 Å². The van der Waals surface area contributed by atoms with Crippen LogP contribution in [0.15, 0.2) is 24.3 Å². The Labute approximate surface area is 110 Å². The van der Waals surface area contributed by atoms with E-state index in [2.05, 4.69) is 5.32 Å². The lowest BCUT2D eigenvalue weighted by Crippen LogP contribution is -2.41. The van der Waals surface area contributed by atoms with Crippen LogP contribution in [-0.4, -0.2) is 30.3 Å². The first-order valence-corrected chi connectivity index (χ1v) is 5.67. The number of hydrogen-bond acceptors (Lipinski definition) is 4. The predicted molar refractivity (Wildman–Crippen MR) is 68.6 cm³/mol. The first-order valence-electron chi connectivity index (χ1n) is 5.67. The maximum absolute atomic E-state index is 11.2. The number of amides is 2. The maximum atomic E-state index is 11.2. The van der Waals surface area contributed by atoms with Gasteiger partial charge in [0, 0.05) is 12.5 Å². The minimum Gasteiger partial charge on any atom is -0.497 e. The summed E-state index contributed by atoms with van der Waals surface area (Å²) in [6, 6.07) is 6.65. The van der Waals surface area contributed by atoms with Crippen LogP contribution in [0.25, 0.3) is 0 Å².